The highest BCUT2D eigenvalue weighted by Crippen LogP contribution is 2.55. The number of fused-ring (bicyclic) bond motifs is 13. The third kappa shape index (κ3) is 4.40. The number of hydrogen-bond donors (Lipinski definition) is 0. The minimum Gasteiger partial charge on any atom is -0.341 e. The third-order valence-electron chi connectivity index (χ3n) is 14.7. The standard InChI is InChI=1S/C42H40N4O4S4/c1-45-25-15-27(43-29-33(47)21-11-17-7-3-4-8-18(17)12-22(21)34(29)48)51-37(25)39-31(45)41-42(53-39)32-40(54-41)38-26(46(32)2)16-28(52-38)44-30-35(49)23-13-19-9-5-6-10-20(19)14-24(23)36(30)50/h15-24H,3-14H2,1-2H3. The van der Waals surface area contributed by atoms with E-state index in [1.807, 2.05) is 0 Å². The van der Waals surface area contributed by atoms with Gasteiger partial charge in [0.2, 0.25) is 0 Å². The van der Waals surface area contributed by atoms with Crippen molar-refractivity contribution in [1.29, 1.82) is 0 Å². The number of ketones is 4. The maximum absolute atomic E-state index is 13.6. The van der Waals surface area contributed by atoms with Gasteiger partial charge in [-0.2, -0.15) is 0 Å². The second-order valence-electron chi connectivity index (χ2n) is 17.3. The molecule has 0 radical (unpaired) electrons. The first-order chi connectivity index (χ1) is 26.2. The normalized spacial score (nSPS) is 31.4. The van der Waals surface area contributed by atoms with Crippen molar-refractivity contribution in [3.05, 3.63) is 12.1 Å². The van der Waals surface area contributed by atoms with E-state index in [0.29, 0.717) is 23.7 Å². The van der Waals surface area contributed by atoms with Gasteiger partial charge in [-0.25, -0.2) is 9.98 Å². The molecule has 276 valence electrons. The van der Waals surface area contributed by atoms with Crippen molar-refractivity contribution in [3.8, 4) is 0 Å². The van der Waals surface area contributed by atoms with E-state index in [1.165, 1.54) is 81.2 Å². The maximum Gasteiger partial charge on any atom is 0.188 e. The molecule has 0 aliphatic heterocycles. The number of carbonyl (C=O) groups is 4. The van der Waals surface area contributed by atoms with E-state index in [2.05, 4.69) is 35.4 Å². The van der Waals surface area contributed by atoms with Crippen molar-refractivity contribution in [2.45, 2.75) is 77.0 Å². The first-order valence-corrected chi connectivity index (χ1v) is 23.2. The van der Waals surface area contributed by atoms with E-state index in [1.54, 1.807) is 45.3 Å². The van der Waals surface area contributed by atoms with Crippen molar-refractivity contribution >= 4 is 140 Å². The van der Waals surface area contributed by atoms with Crippen LogP contribution in [-0.2, 0) is 33.3 Å². The molecule has 12 rings (SSSR count). The molecule has 0 spiro atoms. The molecule has 8 atom stereocenters. The van der Waals surface area contributed by atoms with Crippen LogP contribution in [0.15, 0.2) is 22.1 Å². The lowest BCUT2D eigenvalue weighted by molar-refractivity contribution is -0.123. The molecule has 0 bridgehead atoms. The van der Waals surface area contributed by atoms with Gasteiger partial charge >= 0.3 is 0 Å². The molecule has 6 aromatic heterocycles. The van der Waals surface area contributed by atoms with Gasteiger partial charge in [-0.1, -0.05) is 51.4 Å². The molecule has 6 aliphatic rings. The molecule has 6 saturated carbocycles. The summed E-state index contributed by atoms with van der Waals surface area (Å²) in [4.78, 5) is 64.0. The second-order valence-corrected chi connectivity index (χ2v) is 21.4. The Morgan fingerprint density at radius 3 is 1.13 bits per heavy atom. The van der Waals surface area contributed by atoms with Crippen LogP contribution in [0.4, 0.5) is 10.0 Å². The Labute approximate surface area is 327 Å². The van der Waals surface area contributed by atoms with Crippen LogP contribution in [0.1, 0.15) is 77.0 Å². The highest BCUT2D eigenvalue weighted by atomic mass is 32.1. The summed E-state index contributed by atoms with van der Waals surface area (Å²) in [6.45, 7) is 0. The molecule has 0 saturated heterocycles. The Balaban J connectivity index is 0.885. The number of aliphatic imine (C=N–C) groups is 2. The highest BCUT2D eigenvalue weighted by Gasteiger charge is 2.53. The van der Waals surface area contributed by atoms with Crippen molar-refractivity contribution in [2.75, 3.05) is 0 Å². The molecule has 0 aromatic carbocycles. The van der Waals surface area contributed by atoms with E-state index < -0.39 is 0 Å². The number of aryl methyl sites for hydroxylation is 2. The number of Topliss-reactive ketones (excluding diaryl/α,β-unsaturated/α-hetero) is 4. The molecule has 8 nitrogen and oxygen atoms in total. The number of nitrogens with zero attached hydrogens (tertiary/aromatic N) is 4. The van der Waals surface area contributed by atoms with Crippen LogP contribution in [0.5, 0.6) is 0 Å². The summed E-state index contributed by atoms with van der Waals surface area (Å²) in [6.07, 6.45) is 13.2. The lowest BCUT2D eigenvalue weighted by Gasteiger charge is -2.39. The van der Waals surface area contributed by atoms with Gasteiger partial charge < -0.3 is 9.13 Å². The highest BCUT2D eigenvalue weighted by molar-refractivity contribution is 7.40. The predicted octanol–water partition coefficient (Wildman–Crippen LogP) is 10.5. The fraction of sp³-hybridized carbons (Fsp3) is 0.524. The Morgan fingerprint density at radius 1 is 0.481 bits per heavy atom. The number of thiophene rings is 4. The van der Waals surface area contributed by atoms with E-state index in [0.717, 1.165) is 56.1 Å². The SMILES string of the molecule is Cn1c2cc(N=C3C(=O)C4CC5CCCCC5CC4C3=O)sc2c2sc3c(sc4c5sc(N=C6C(=O)C7CC8CCCCC8CC7C6=O)cc5n(C)c43)c21. The van der Waals surface area contributed by atoms with E-state index in [9.17, 15) is 19.2 Å². The second kappa shape index (κ2) is 11.6. The van der Waals surface area contributed by atoms with Crippen LogP contribution in [0.3, 0.4) is 0 Å². The molecule has 8 unspecified atom stereocenters. The van der Waals surface area contributed by atoms with E-state index in [4.69, 9.17) is 9.98 Å². The van der Waals surface area contributed by atoms with Gasteiger partial charge in [-0.15, -0.1) is 45.3 Å². The molecular formula is C42H40N4O4S4. The molecule has 0 amide bonds. The third-order valence-corrected chi connectivity index (χ3v) is 19.6. The summed E-state index contributed by atoms with van der Waals surface area (Å²) in [7, 11) is 4.20. The summed E-state index contributed by atoms with van der Waals surface area (Å²) in [6, 6.07) is 4.11. The zero-order valence-electron chi connectivity index (χ0n) is 30.3. The smallest absolute Gasteiger partial charge is 0.188 e. The van der Waals surface area contributed by atoms with Crippen LogP contribution in [0, 0.1) is 47.3 Å². The Bertz CT molecular complexity index is 2510. The minimum atomic E-state index is -0.173. The molecule has 6 aromatic rings. The molecule has 6 fully saturated rings. The Kier molecular flexibility index (Phi) is 7.07. The summed E-state index contributed by atoms with van der Waals surface area (Å²) in [5.41, 5.74) is 4.93. The summed E-state index contributed by atoms with van der Waals surface area (Å²) < 4.78 is 11.7. The maximum atomic E-state index is 13.6. The monoisotopic (exact) mass is 792 g/mol. The van der Waals surface area contributed by atoms with Gasteiger partial charge in [0, 0.05) is 37.8 Å². The van der Waals surface area contributed by atoms with Crippen LogP contribution >= 0.6 is 45.3 Å². The van der Waals surface area contributed by atoms with E-state index in [-0.39, 0.29) is 58.2 Å². The van der Waals surface area contributed by atoms with Gasteiger partial charge in [-0.3, -0.25) is 19.2 Å². The summed E-state index contributed by atoms with van der Waals surface area (Å²) >= 11 is 6.77. The number of rotatable bonds is 2. The number of carbonyl (C=O) groups excluding carboxylic acids is 4. The summed E-state index contributed by atoms with van der Waals surface area (Å²) in [5, 5.41) is 1.47. The first-order valence-electron chi connectivity index (χ1n) is 19.9. The van der Waals surface area contributed by atoms with Crippen LogP contribution < -0.4 is 0 Å². The lowest BCUT2D eigenvalue weighted by Crippen LogP contribution is -2.35. The minimum absolute atomic E-state index is 0.0224. The van der Waals surface area contributed by atoms with Gasteiger partial charge in [-0.05, 0) is 61.5 Å². The molecule has 6 aliphatic carbocycles. The van der Waals surface area contributed by atoms with Gasteiger partial charge in [0.25, 0.3) is 0 Å². The average Bonchev–Trinajstić information content (AvgIpc) is 4.05. The van der Waals surface area contributed by atoms with Crippen molar-refractivity contribution in [1.82, 2.24) is 9.13 Å². The molecule has 12 heteroatoms. The molecule has 6 heterocycles. The van der Waals surface area contributed by atoms with Crippen molar-refractivity contribution < 1.29 is 19.2 Å². The predicted molar refractivity (Wildman–Crippen MR) is 221 cm³/mol. The van der Waals surface area contributed by atoms with Gasteiger partial charge in [0.05, 0.1) is 50.3 Å². The zero-order chi connectivity index (χ0) is 36.3. The fourth-order valence-corrected chi connectivity index (χ4v) is 17.5. The Morgan fingerprint density at radius 2 is 0.796 bits per heavy atom. The zero-order valence-corrected chi connectivity index (χ0v) is 33.6. The number of aromatic nitrogens is 2. The fourth-order valence-electron chi connectivity index (χ4n) is 12.1. The van der Waals surface area contributed by atoms with Gasteiger partial charge in [0.1, 0.15) is 10.0 Å². The van der Waals surface area contributed by atoms with Crippen LogP contribution in [-0.4, -0.2) is 43.7 Å². The van der Waals surface area contributed by atoms with Crippen LogP contribution in [0.2, 0.25) is 0 Å². The largest absolute Gasteiger partial charge is 0.341 e. The number of hydrogen-bond acceptors (Lipinski definition) is 10. The first kappa shape index (κ1) is 32.9. The lowest BCUT2D eigenvalue weighted by atomic mass is 9.64. The molecular weight excluding hydrogens is 753 g/mol. The quantitative estimate of drug-likeness (QED) is 0.174. The topological polar surface area (TPSA) is 103 Å². The average molecular weight is 793 g/mol. The molecule has 0 N–H and O–H groups in total. The Hall–Kier alpha value is -3.32. The van der Waals surface area contributed by atoms with Crippen LogP contribution in [0.25, 0.3) is 50.3 Å². The van der Waals surface area contributed by atoms with Crippen molar-refractivity contribution in [2.24, 2.45) is 71.4 Å². The van der Waals surface area contributed by atoms with E-state index >= 15 is 0 Å². The molecule has 54 heavy (non-hydrogen) atoms. The van der Waals surface area contributed by atoms with Crippen molar-refractivity contribution in [3.63, 3.8) is 0 Å². The summed E-state index contributed by atoms with van der Waals surface area (Å²) in [5.74, 6) is 1.57. The van der Waals surface area contributed by atoms with Gasteiger partial charge in [0.15, 0.2) is 34.6 Å².